The first-order valence-electron chi connectivity index (χ1n) is 6.60. The molecule has 0 bridgehead atoms. The zero-order valence-corrected chi connectivity index (χ0v) is 11.4. The number of benzene rings is 3. The van der Waals surface area contributed by atoms with E-state index in [2.05, 4.69) is 6.58 Å². The molecule has 0 saturated heterocycles. The van der Waals surface area contributed by atoms with Gasteiger partial charge in [0.1, 0.15) is 0 Å². The van der Waals surface area contributed by atoms with Gasteiger partial charge in [0.05, 0.1) is 0 Å². The minimum absolute atomic E-state index is 0.185. The molecule has 1 nitrogen and oxygen atoms in total. The van der Waals surface area contributed by atoms with E-state index in [1.54, 1.807) is 12.1 Å². The lowest BCUT2D eigenvalue weighted by atomic mass is 9.96. The van der Waals surface area contributed by atoms with E-state index in [1.807, 2.05) is 36.4 Å². The standard InChI is InChI=1S/C18H11F3O/c1-11(17(22)18(19,20)21)13-8-9-16-14(10-13)7-6-12-4-2-3-5-15(12)16/h2-10H,1H2. The molecule has 4 heteroatoms. The maximum atomic E-state index is 12.5. The van der Waals surface area contributed by atoms with Crippen molar-refractivity contribution in [2.45, 2.75) is 6.18 Å². The molecule has 0 saturated carbocycles. The third-order valence-electron chi connectivity index (χ3n) is 3.62. The molecule has 0 atom stereocenters. The van der Waals surface area contributed by atoms with Crippen LogP contribution in [-0.2, 0) is 4.79 Å². The number of hydrogen-bond acceptors (Lipinski definition) is 1. The quantitative estimate of drug-likeness (QED) is 0.473. The molecule has 0 amide bonds. The Bertz CT molecular complexity index is 907. The largest absolute Gasteiger partial charge is 0.454 e. The van der Waals surface area contributed by atoms with Crippen LogP contribution in [0.2, 0.25) is 0 Å². The molecule has 0 fully saturated rings. The lowest BCUT2D eigenvalue weighted by Crippen LogP contribution is -2.23. The van der Waals surface area contributed by atoms with E-state index in [4.69, 9.17) is 0 Å². The maximum Gasteiger partial charge on any atom is 0.454 e. The van der Waals surface area contributed by atoms with Crippen molar-refractivity contribution in [2.75, 3.05) is 0 Å². The normalized spacial score (nSPS) is 11.8. The monoisotopic (exact) mass is 300 g/mol. The number of fused-ring (bicyclic) bond motifs is 3. The van der Waals surface area contributed by atoms with Gasteiger partial charge in [-0.05, 0) is 33.2 Å². The topological polar surface area (TPSA) is 17.1 Å². The van der Waals surface area contributed by atoms with Crippen LogP contribution in [0, 0.1) is 0 Å². The Hall–Kier alpha value is -2.62. The lowest BCUT2D eigenvalue weighted by molar-refractivity contribution is -0.164. The van der Waals surface area contributed by atoms with Gasteiger partial charge in [-0.25, -0.2) is 0 Å². The number of alkyl halides is 3. The van der Waals surface area contributed by atoms with Gasteiger partial charge in [-0.2, -0.15) is 13.2 Å². The highest BCUT2D eigenvalue weighted by molar-refractivity contribution is 6.23. The number of allylic oxidation sites excluding steroid dienone is 1. The summed E-state index contributed by atoms with van der Waals surface area (Å²) < 4.78 is 37.5. The van der Waals surface area contributed by atoms with Crippen molar-refractivity contribution in [3.8, 4) is 0 Å². The average Bonchev–Trinajstić information content (AvgIpc) is 2.52. The van der Waals surface area contributed by atoms with Crippen LogP contribution in [0.1, 0.15) is 5.56 Å². The van der Waals surface area contributed by atoms with Crippen LogP contribution in [0.3, 0.4) is 0 Å². The molecule has 0 unspecified atom stereocenters. The molecule has 0 heterocycles. The fourth-order valence-electron chi connectivity index (χ4n) is 2.50. The first kappa shape index (κ1) is 14.3. The van der Waals surface area contributed by atoms with E-state index >= 15 is 0 Å². The van der Waals surface area contributed by atoms with Gasteiger partial charge in [-0.15, -0.1) is 0 Å². The van der Waals surface area contributed by atoms with Crippen molar-refractivity contribution in [3.05, 3.63) is 66.7 Å². The predicted molar refractivity (Wildman–Crippen MR) is 81.6 cm³/mol. The summed E-state index contributed by atoms with van der Waals surface area (Å²) in [5.74, 6) is -1.91. The summed E-state index contributed by atoms with van der Waals surface area (Å²) in [5.41, 5.74) is -0.354. The molecular weight excluding hydrogens is 289 g/mol. The second-order valence-corrected chi connectivity index (χ2v) is 5.03. The Kier molecular flexibility index (Phi) is 3.24. The minimum atomic E-state index is -4.91. The van der Waals surface area contributed by atoms with E-state index in [0.717, 1.165) is 21.5 Å². The summed E-state index contributed by atoms with van der Waals surface area (Å²) in [6.45, 7) is 3.29. The zero-order valence-electron chi connectivity index (χ0n) is 11.4. The molecular formula is C18H11F3O. The van der Waals surface area contributed by atoms with Gasteiger partial charge in [0.15, 0.2) is 0 Å². The Morgan fingerprint density at radius 2 is 1.50 bits per heavy atom. The van der Waals surface area contributed by atoms with Crippen molar-refractivity contribution >= 4 is 32.9 Å². The van der Waals surface area contributed by atoms with Crippen LogP contribution >= 0.6 is 0 Å². The Morgan fingerprint density at radius 3 is 2.23 bits per heavy atom. The molecule has 0 aliphatic carbocycles. The van der Waals surface area contributed by atoms with Crippen molar-refractivity contribution in [1.29, 1.82) is 0 Å². The third-order valence-corrected chi connectivity index (χ3v) is 3.62. The number of rotatable bonds is 2. The first-order valence-corrected chi connectivity index (χ1v) is 6.60. The van der Waals surface area contributed by atoms with E-state index in [-0.39, 0.29) is 5.56 Å². The molecule has 3 rings (SSSR count). The summed E-state index contributed by atoms with van der Waals surface area (Å²) in [7, 11) is 0. The predicted octanol–water partition coefficient (Wildman–Crippen LogP) is 5.14. The van der Waals surface area contributed by atoms with Crippen molar-refractivity contribution in [3.63, 3.8) is 0 Å². The van der Waals surface area contributed by atoms with E-state index in [1.165, 1.54) is 6.07 Å². The number of Topliss-reactive ketones (excluding diaryl/α,β-unsaturated/α-hetero) is 1. The van der Waals surface area contributed by atoms with E-state index in [0.29, 0.717) is 0 Å². The summed E-state index contributed by atoms with van der Waals surface area (Å²) in [4.78, 5) is 11.3. The summed E-state index contributed by atoms with van der Waals surface area (Å²) in [5, 5.41) is 3.76. The van der Waals surface area contributed by atoms with Crippen LogP contribution in [-0.4, -0.2) is 12.0 Å². The number of hydrogen-bond donors (Lipinski definition) is 0. The Labute approximate surface area is 124 Å². The van der Waals surface area contributed by atoms with Crippen molar-refractivity contribution < 1.29 is 18.0 Å². The fraction of sp³-hybridized carbons (Fsp3) is 0.0556. The summed E-state index contributed by atoms with van der Waals surface area (Å²) in [6, 6.07) is 16.3. The SMILES string of the molecule is C=C(C(=O)C(F)(F)F)c1ccc2c(ccc3ccccc32)c1. The number of carbonyl (C=O) groups is 1. The van der Waals surface area contributed by atoms with Gasteiger partial charge < -0.3 is 0 Å². The second-order valence-electron chi connectivity index (χ2n) is 5.03. The average molecular weight is 300 g/mol. The molecule has 0 radical (unpaired) electrons. The van der Waals surface area contributed by atoms with E-state index in [9.17, 15) is 18.0 Å². The number of carbonyl (C=O) groups excluding carboxylic acids is 1. The molecule has 0 aliphatic heterocycles. The molecule has 0 N–H and O–H groups in total. The number of ketones is 1. The van der Waals surface area contributed by atoms with Gasteiger partial charge in [0, 0.05) is 5.57 Å². The summed E-state index contributed by atoms with van der Waals surface area (Å²) >= 11 is 0. The smallest absolute Gasteiger partial charge is 0.284 e. The zero-order chi connectivity index (χ0) is 15.9. The highest BCUT2D eigenvalue weighted by Gasteiger charge is 2.40. The maximum absolute atomic E-state index is 12.5. The molecule has 3 aromatic carbocycles. The van der Waals surface area contributed by atoms with Crippen LogP contribution in [0.5, 0.6) is 0 Å². The van der Waals surface area contributed by atoms with Gasteiger partial charge in [0.25, 0.3) is 5.78 Å². The minimum Gasteiger partial charge on any atom is -0.284 e. The van der Waals surface area contributed by atoms with Gasteiger partial charge in [-0.3, -0.25) is 4.79 Å². The van der Waals surface area contributed by atoms with E-state index < -0.39 is 17.5 Å². The van der Waals surface area contributed by atoms with Gasteiger partial charge >= 0.3 is 6.18 Å². The molecule has 110 valence electrons. The van der Waals surface area contributed by atoms with Crippen LogP contribution in [0.15, 0.2) is 61.2 Å². The molecule has 0 aromatic heterocycles. The van der Waals surface area contributed by atoms with Gasteiger partial charge in [-0.1, -0.05) is 55.1 Å². The molecule has 0 spiro atoms. The summed E-state index contributed by atoms with van der Waals surface area (Å²) in [6.07, 6.45) is -4.91. The van der Waals surface area contributed by atoms with Crippen molar-refractivity contribution in [2.24, 2.45) is 0 Å². The van der Waals surface area contributed by atoms with Crippen LogP contribution < -0.4 is 0 Å². The highest BCUT2D eigenvalue weighted by Crippen LogP contribution is 2.30. The first-order chi connectivity index (χ1) is 10.4. The highest BCUT2D eigenvalue weighted by atomic mass is 19.4. The number of halogens is 3. The fourth-order valence-corrected chi connectivity index (χ4v) is 2.50. The third kappa shape index (κ3) is 2.37. The molecule has 0 aliphatic rings. The van der Waals surface area contributed by atoms with Crippen LogP contribution in [0.4, 0.5) is 13.2 Å². The molecule has 3 aromatic rings. The molecule has 22 heavy (non-hydrogen) atoms. The van der Waals surface area contributed by atoms with Crippen LogP contribution in [0.25, 0.3) is 27.1 Å². The van der Waals surface area contributed by atoms with Gasteiger partial charge in [0.2, 0.25) is 0 Å². The Morgan fingerprint density at radius 1 is 0.864 bits per heavy atom. The van der Waals surface area contributed by atoms with Crippen molar-refractivity contribution in [1.82, 2.24) is 0 Å². The second kappa shape index (κ2) is 4.98. The lowest BCUT2D eigenvalue weighted by Gasteiger charge is -2.10. The Balaban J connectivity index is 2.13.